The highest BCUT2D eigenvalue weighted by Crippen LogP contribution is 2.37. The third-order valence-corrected chi connectivity index (χ3v) is 6.70. The lowest BCUT2D eigenvalue weighted by Crippen LogP contribution is -2.07. The van der Waals surface area contributed by atoms with Crippen LogP contribution in [0.4, 0.5) is 0 Å². The number of aryl methyl sites for hydroxylation is 4. The van der Waals surface area contributed by atoms with Gasteiger partial charge in [-0.3, -0.25) is 9.36 Å². The summed E-state index contributed by atoms with van der Waals surface area (Å²) in [6.07, 6.45) is 1.93. The Morgan fingerprint density at radius 1 is 1.09 bits per heavy atom. The van der Waals surface area contributed by atoms with Crippen LogP contribution in [0.5, 0.6) is 5.75 Å². The van der Waals surface area contributed by atoms with E-state index in [1.54, 1.807) is 0 Å². The normalized spacial score (nSPS) is 14.9. The Morgan fingerprint density at radius 3 is 2.76 bits per heavy atom. The van der Waals surface area contributed by atoms with Gasteiger partial charge in [0, 0.05) is 11.5 Å². The summed E-state index contributed by atoms with van der Waals surface area (Å²) in [6, 6.07) is 19.1. The number of nitrogens with zero attached hydrogens (tertiary/aromatic N) is 2. The molecule has 1 N–H and O–H groups in total. The van der Waals surface area contributed by atoms with Crippen molar-refractivity contribution < 1.29 is 14.6 Å². The highest BCUT2D eigenvalue weighted by atomic mass is 16.5. The van der Waals surface area contributed by atoms with Crippen LogP contribution in [0.2, 0.25) is 0 Å². The number of hydrogen-bond acceptors (Lipinski definition) is 3. The molecule has 3 aromatic carbocycles. The molecule has 5 rings (SSSR count). The van der Waals surface area contributed by atoms with E-state index in [-0.39, 0.29) is 12.3 Å². The molecule has 0 saturated carbocycles. The number of aromatic nitrogens is 2. The van der Waals surface area contributed by atoms with Gasteiger partial charge in [-0.2, -0.15) is 0 Å². The summed E-state index contributed by atoms with van der Waals surface area (Å²) in [5.41, 5.74) is 9.34. The van der Waals surface area contributed by atoms with Crippen molar-refractivity contribution >= 4 is 17.0 Å². The Labute approximate surface area is 193 Å². The van der Waals surface area contributed by atoms with E-state index in [1.807, 2.05) is 6.07 Å². The molecular weight excluding hydrogens is 412 g/mol. The Bertz CT molecular complexity index is 1370. The highest BCUT2D eigenvalue weighted by Gasteiger charge is 2.26. The first-order valence-corrected chi connectivity index (χ1v) is 11.4. The molecule has 0 unspecified atom stereocenters. The van der Waals surface area contributed by atoms with Gasteiger partial charge < -0.3 is 9.84 Å². The molecule has 0 fully saturated rings. The maximum absolute atomic E-state index is 11.1. The van der Waals surface area contributed by atoms with E-state index in [2.05, 4.69) is 73.9 Å². The van der Waals surface area contributed by atoms with Crippen molar-refractivity contribution in [3.05, 3.63) is 88.2 Å². The van der Waals surface area contributed by atoms with Gasteiger partial charge in [-0.25, -0.2) is 4.98 Å². The van der Waals surface area contributed by atoms with Crippen molar-refractivity contribution in [2.45, 2.75) is 46.0 Å². The number of fused-ring (bicyclic) bond motifs is 2. The number of carboxylic acid groups (broad SMARTS) is 1. The molecule has 0 aliphatic carbocycles. The highest BCUT2D eigenvalue weighted by molar-refractivity contribution is 5.79. The van der Waals surface area contributed by atoms with E-state index in [1.165, 1.54) is 27.9 Å². The largest absolute Gasteiger partial charge is 0.493 e. The molecule has 0 amide bonds. The van der Waals surface area contributed by atoms with Crippen LogP contribution in [0.3, 0.4) is 0 Å². The smallest absolute Gasteiger partial charge is 0.304 e. The third kappa shape index (κ3) is 3.99. The van der Waals surface area contributed by atoms with Gasteiger partial charge in [0.25, 0.3) is 0 Å². The van der Waals surface area contributed by atoms with Crippen molar-refractivity contribution in [2.24, 2.45) is 0 Å². The van der Waals surface area contributed by atoms with Gasteiger partial charge in [-0.15, -0.1) is 0 Å². The molecule has 4 aromatic rings. The molecule has 33 heavy (non-hydrogen) atoms. The van der Waals surface area contributed by atoms with E-state index in [9.17, 15) is 4.79 Å². The molecule has 1 aliphatic heterocycles. The van der Waals surface area contributed by atoms with Crippen LogP contribution in [0.15, 0.2) is 54.6 Å². The van der Waals surface area contributed by atoms with Gasteiger partial charge in [0.15, 0.2) is 0 Å². The maximum Gasteiger partial charge on any atom is 0.304 e. The summed E-state index contributed by atoms with van der Waals surface area (Å²) >= 11 is 0. The number of carboxylic acids is 1. The van der Waals surface area contributed by atoms with Crippen molar-refractivity contribution in [2.75, 3.05) is 6.61 Å². The lowest BCUT2D eigenvalue weighted by Gasteiger charge is -2.15. The van der Waals surface area contributed by atoms with Crippen LogP contribution in [-0.4, -0.2) is 27.2 Å². The number of hydrogen-bond donors (Lipinski definition) is 1. The van der Waals surface area contributed by atoms with Crippen LogP contribution in [0, 0.1) is 20.8 Å². The third-order valence-electron chi connectivity index (χ3n) is 6.70. The molecule has 168 valence electrons. The molecule has 0 radical (unpaired) electrons. The monoisotopic (exact) mass is 440 g/mol. The van der Waals surface area contributed by atoms with Gasteiger partial charge in [0.05, 0.1) is 29.7 Å². The predicted octanol–water partition coefficient (Wildman–Crippen LogP) is 5.69. The second-order valence-corrected chi connectivity index (χ2v) is 9.03. The van der Waals surface area contributed by atoms with Crippen molar-refractivity contribution in [3.8, 4) is 11.4 Å². The molecule has 0 saturated heterocycles. The van der Waals surface area contributed by atoms with E-state index in [4.69, 9.17) is 14.8 Å². The second kappa shape index (κ2) is 8.39. The van der Waals surface area contributed by atoms with Crippen LogP contribution >= 0.6 is 0 Å². The van der Waals surface area contributed by atoms with Crippen LogP contribution in [0.1, 0.15) is 46.0 Å². The summed E-state index contributed by atoms with van der Waals surface area (Å²) < 4.78 is 8.04. The Hall–Kier alpha value is -3.60. The van der Waals surface area contributed by atoms with Gasteiger partial charge in [0.1, 0.15) is 11.6 Å². The van der Waals surface area contributed by atoms with Crippen molar-refractivity contribution in [3.63, 3.8) is 0 Å². The fourth-order valence-corrected chi connectivity index (χ4v) is 4.93. The van der Waals surface area contributed by atoms with E-state index in [0.717, 1.165) is 41.0 Å². The number of benzene rings is 3. The lowest BCUT2D eigenvalue weighted by atomic mass is 9.94. The molecule has 1 atom stereocenters. The van der Waals surface area contributed by atoms with E-state index < -0.39 is 5.97 Å². The molecule has 5 nitrogen and oxygen atoms in total. The van der Waals surface area contributed by atoms with Gasteiger partial charge in [-0.05, 0) is 80.1 Å². The first-order chi connectivity index (χ1) is 15.9. The van der Waals surface area contributed by atoms with Gasteiger partial charge >= 0.3 is 5.97 Å². The van der Waals surface area contributed by atoms with Crippen LogP contribution in [0.25, 0.3) is 16.7 Å². The minimum Gasteiger partial charge on any atom is -0.493 e. The first-order valence-electron chi connectivity index (χ1n) is 11.4. The molecule has 1 aromatic heterocycles. The molecule has 5 heteroatoms. The van der Waals surface area contributed by atoms with Crippen molar-refractivity contribution in [1.82, 2.24) is 9.55 Å². The summed E-state index contributed by atoms with van der Waals surface area (Å²) in [5.74, 6) is 0.983. The first kappa shape index (κ1) is 21.3. The summed E-state index contributed by atoms with van der Waals surface area (Å²) in [6.45, 7) is 6.81. The fourth-order valence-electron chi connectivity index (χ4n) is 4.93. The molecule has 2 heterocycles. The maximum atomic E-state index is 11.1. The Kier molecular flexibility index (Phi) is 5.41. The number of ether oxygens (including phenoxy) is 1. The zero-order valence-corrected chi connectivity index (χ0v) is 19.3. The fraction of sp³-hybridized carbons (Fsp3) is 0.286. The second-order valence-electron chi connectivity index (χ2n) is 9.03. The number of aliphatic carboxylic acids is 1. The van der Waals surface area contributed by atoms with E-state index in [0.29, 0.717) is 6.61 Å². The summed E-state index contributed by atoms with van der Waals surface area (Å²) in [7, 11) is 0. The quantitative estimate of drug-likeness (QED) is 0.419. The van der Waals surface area contributed by atoms with Crippen LogP contribution < -0.4 is 4.74 Å². The van der Waals surface area contributed by atoms with Gasteiger partial charge in [-0.1, -0.05) is 30.3 Å². The predicted molar refractivity (Wildman–Crippen MR) is 130 cm³/mol. The number of imidazole rings is 1. The standard InChI is InChI=1S/C28H28N2O3/c1-17-7-12-24-26(13-17)30(19(3)29-24)25-6-4-5-21(18(25)2)10-8-20-9-11-23-22(15-28(31)32)16-33-27(23)14-20/h4-7,9,11-14,22H,8,10,15-16H2,1-3H3,(H,31,32)/t22-/m1/s1. The Balaban J connectivity index is 1.40. The minimum absolute atomic E-state index is 0.0534. The zero-order valence-electron chi connectivity index (χ0n) is 19.3. The molecule has 0 spiro atoms. The minimum atomic E-state index is -0.785. The average Bonchev–Trinajstić information content (AvgIpc) is 3.32. The average molecular weight is 441 g/mol. The SMILES string of the molecule is Cc1ccc2nc(C)n(-c3cccc(CCc4ccc5c(c4)OC[C@H]5CC(=O)O)c3C)c2c1. The topological polar surface area (TPSA) is 64.4 Å². The zero-order chi connectivity index (χ0) is 23.1. The Morgan fingerprint density at radius 2 is 1.94 bits per heavy atom. The summed E-state index contributed by atoms with van der Waals surface area (Å²) in [4.78, 5) is 15.8. The molecule has 0 bridgehead atoms. The van der Waals surface area contributed by atoms with Crippen molar-refractivity contribution in [1.29, 1.82) is 0 Å². The molecular formula is C28H28N2O3. The number of carbonyl (C=O) groups is 1. The summed E-state index contributed by atoms with van der Waals surface area (Å²) in [5, 5.41) is 9.11. The van der Waals surface area contributed by atoms with Crippen LogP contribution in [-0.2, 0) is 17.6 Å². The molecule has 1 aliphatic rings. The number of rotatable bonds is 6. The van der Waals surface area contributed by atoms with E-state index >= 15 is 0 Å². The van der Waals surface area contributed by atoms with Gasteiger partial charge in [0.2, 0.25) is 0 Å². The lowest BCUT2D eigenvalue weighted by molar-refractivity contribution is -0.137.